The van der Waals surface area contributed by atoms with E-state index in [1.165, 1.54) is 29.2 Å². The summed E-state index contributed by atoms with van der Waals surface area (Å²) in [6.45, 7) is 1.49. The lowest BCUT2D eigenvalue weighted by Gasteiger charge is -2.35. The maximum absolute atomic E-state index is 13.2. The molecule has 7 heteroatoms. The predicted octanol–water partition coefficient (Wildman–Crippen LogP) is 3.04. The smallest absolute Gasteiger partial charge is 0.251 e. The molecule has 29 heavy (non-hydrogen) atoms. The molecule has 1 N–H and O–H groups in total. The van der Waals surface area contributed by atoms with Gasteiger partial charge in [-0.3, -0.25) is 14.5 Å². The summed E-state index contributed by atoms with van der Waals surface area (Å²) in [7, 11) is 1.64. The van der Waals surface area contributed by atoms with Gasteiger partial charge < -0.3 is 10.1 Å². The fourth-order valence-electron chi connectivity index (χ4n) is 4.04. The molecule has 2 aromatic rings. The van der Waals surface area contributed by atoms with Crippen molar-refractivity contribution < 1.29 is 18.7 Å². The number of benzene rings is 2. The predicted molar refractivity (Wildman–Crippen MR) is 109 cm³/mol. The Morgan fingerprint density at radius 2 is 1.66 bits per heavy atom. The van der Waals surface area contributed by atoms with Crippen LogP contribution in [0.4, 0.5) is 15.8 Å². The number of likely N-dealkylation sites (tertiary alicyclic amines) is 1. The molecule has 2 aliphatic rings. The minimum Gasteiger partial charge on any atom is -0.497 e. The van der Waals surface area contributed by atoms with E-state index in [9.17, 15) is 14.0 Å². The number of amides is 2. The number of nitrogens with zero attached hydrogens (tertiary/aromatic N) is 2. The van der Waals surface area contributed by atoms with Gasteiger partial charge in [0.25, 0.3) is 5.91 Å². The molecule has 1 atom stereocenters. The molecule has 0 spiro atoms. The molecule has 0 saturated carbocycles. The number of anilines is 2. The molecule has 0 bridgehead atoms. The fourth-order valence-corrected chi connectivity index (χ4v) is 4.04. The topological polar surface area (TPSA) is 61.9 Å². The average molecular weight is 397 g/mol. The summed E-state index contributed by atoms with van der Waals surface area (Å²) >= 11 is 0. The summed E-state index contributed by atoms with van der Waals surface area (Å²) in [6, 6.07) is 13.2. The van der Waals surface area contributed by atoms with Gasteiger partial charge in [-0.2, -0.15) is 0 Å². The van der Waals surface area contributed by atoms with E-state index < -0.39 is 11.9 Å². The zero-order valence-electron chi connectivity index (χ0n) is 16.3. The van der Waals surface area contributed by atoms with Crippen LogP contribution in [0.25, 0.3) is 0 Å². The third-order valence-corrected chi connectivity index (χ3v) is 5.64. The molecule has 2 saturated heterocycles. The summed E-state index contributed by atoms with van der Waals surface area (Å²) in [5.74, 6) is -0.0235. The van der Waals surface area contributed by atoms with Crippen LogP contribution in [0, 0.1) is 5.82 Å². The van der Waals surface area contributed by atoms with E-state index in [0.717, 1.165) is 37.4 Å². The van der Waals surface area contributed by atoms with Gasteiger partial charge in [0.1, 0.15) is 11.6 Å². The van der Waals surface area contributed by atoms with Gasteiger partial charge in [0.2, 0.25) is 5.91 Å². The highest BCUT2D eigenvalue weighted by atomic mass is 19.1. The van der Waals surface area contributed by atoms with E-state index in [-0.39, 0.29) is 18.2 Å². The largest absolute Gasteiger partial charge is 0.497 e. The second-order valence-electron chi connectivity index (χ2n) is 7.45. The highest BCUT2D eigenvalue weighted by molar-refractivity contribution is 6.22. The molecule has 0 aromatic heterocycles. The molecule has 0 unspecified atom stereocenters. The van der Waals surface area contributed by atoms with Crippen LogP contribution in [-0.2, 0) is 9.59 Å². The van der Waals surface area contributed by atoms with Gasteiger partial charge in [-0.25, -0.2) is 9.29 Å². The molecule has 0 radical (unpaired) electrons. The first-order valence-electron chi connectivity index (χ1n) is 9.82. The number of carbonyl (C=O) groups is 2. The highest BCUT2D eigenvalue weighted by Crippen LogP contribution is 2.28. The highest BCUT2D eigenvalue weighted by Gasteiger charge is 2.43. The van der Waals surface area contributed by atoms with Crippen molar-refractivity contribution in [1.29, 1.82) is 0 Å². The van der Waals surface area contributed by atoms with E-state index in [1.54, 1.807) is 7.11 Å². The van der Waals surface area contributed by atoms with Gasteiger partial charge in [0.15, 0.2) is 0 Å². The number of imide groups is 1. The van der Waals surface area contributed by atoms with Crippen molar-refractivity contribution in [2.24, 2.45) is 0 Å². The maximum atomic E-state index is 13.2. The zero-order valence-corrected chi connectivity index (χ0v) is 16.3. The molecule has 2 aliphatic heterocycles. The van der Waals surface area contributed by atoms with E-state index in [1.807, 2.05) is 24.3 Å². The maximum Gasteiger partial charge on any atom is 0.251 e. The summed E-state index contributed by atoms with van der Waals surface area (Å²) < 4.78 is 18.3. The lowest BCUT2D eigenvalue weighted by atomic mass is 10.0. The molecule has 2 heterocycles. The van der Waals surface area contributed by atoms with E-state index in [4.69, 9.17) is 4.74 Å². The Morgan fingerprint density at radius 3 is 2.28 bits per heavy atom. The van der Waals surface area contributed by atoms with Crippen molar-refractivity contribution in [2.75, 3.05) is 30.4 Å². The van der Waals surface area contributed by atoms with Crippen LogP contribution >= 0.6 is 0 Å². The first kappa shape index (κ1) is 19.4. The van der Waals surface area contributed by atoms with Gasteiger partial charge in [-0.15, -0.1) is 0 Å². The monoisotopic (exact) mass is 397 g/mol. The van der Waals surface area contributed by atoms with Crippen LogP contribution in [-0.4, -0.2) is 49.0 Å². The summed E-state index contributed by atoms with van der Waals surface area (Å²) in [6.07, 6.45) is 1.95. The second kappa shape index (κ2) is 8.21. The Labute approximate surface area is 169 Å². The van der Waals surface area contributed by atoms with Crippen LogP contribution in [0.2, 0.25) is 0 Å². The lowest BCUT2D eigenvalue weighted by Crippen LogP contribution is -2.48. The van der Waals surface area contributed by atoms with Crippen molar-refractivity contribution in [3.63, 3.8) is 0 Å². The number of ether oxygens (including phenoxy) is 1. The Balaban J connectivity index is 1.35. The Morgan fingerprint density at radius 1 is 1.00 bits per heavy atom. The minimum atomic E-state index is -0.436. The van der Waals surface area contributed by atoms with E-state index >= 15 is 0 Å². The minimum absolute atomic E-state index is 0.173. The molecule has 152 valence electrons. The van der Waals surface area contributed by atoms with Crippen LogP contribution < -0.4 is 15.0 Å². The van der Waals surface area contributed by atoms with Gasteiger partial charge in [0, 0.05) is 24.8 Å². The molecule has 0 aliphatic carbocycles. The van der Waals surface area contributed by atoms with Crippen molar-refractivity contribution in [1.82, 2.24) is 4.90 Å². The van der Waals surface area contributed by atoms with Crippen molar-refractivity contribution >= 4 is 23.2 Å². The number of carbonyl (C=O) groups excluding carboxylic acids is 2. The van der Waals surface area contributed by atoms with Crippen LogP contribution in [0.1, 0.15) is 19.3 Å². The van der Waals surface area contributed by atoms with Crippen molar-refractivity contribution in [3.8, 4) is 5.75 Å². The number of piperidine rings is 1. The van der Waals surface area contributed by atoms with Crippen LogP contribution in [0.15, 0.2) is 48.5 Å². The van der Waals surface area contributed by atoms with Gasteiger partial charge in [-0.05, 0) is 61.4 Å². The standard InChI is InChI=1S/C22H24FN3O3/c1-29-19-8-4-16(5-9-19)24-17-10-12-25(13-11-17)20-14-21(27)26(22(20)28)18-6-2-15(23)3-7-18/h2-9,17,20,24H,10-14H2,1H3/t20-/m0/s1. The third-order valence-electron chi connectivity index (χ3n) is 5.64. The molecule has 4 rings (SSSR count). The Kier molecular flexibility index (Phi) is 5.49. The molecule has 2 fully saturated rings. The van der Waals surface area contributed by atoms with Gasteiger partial charge in [-0.1, -0.05) is 0 Å². The van der Waals surface area contributed by atoms with Crippen molar-refractivity contribution in [3.05, 3.63) is 54.3 Å². The van der Waals surface area contributed by atoms with E-state index in [0.29, 0.717) is 11.7 Å². The van der Waals surface area contributed by atoms with Crippen molar-refractivity contribution in [2.45, 2.75) is 31.3 Å². The summed E-state index contributed by atoms with van der Waals surface area (Å²) in [4.78, 5) is 28.6. The number of nitrogens with one attached hydrogen (secondary N) is 1. The first-order chi connectivity index (χ1) is 14.0. The lowest BCUT2D eigenvalue weighted by molar-refractivity contribution is -0.123. The SMILES string of the molecule is COc1ccc(NC2CCN([C@H]3CC(=O)N(c4ccc(F)cc4)C3=O)CC2)cc1. The van der Waals surface area contributed by atoms with E-state index in [2.05, 4.69) is 10.2 Å². The normalized spacial score (nSPS) is 20.9. The van der Waals surface area contributed by atoms with Crippen LogP contribution in [0.5, 0.6) is 5.75 Å². The number of hydrogen-bond donors (Lipinski definition) is 1. The molecule has 6 nitrogen and oxygen atoms in total. The van der Waals surface area contributed by atoms with Gasteiger partial charge in [0.05, 0.1) is 25.3 Å². The molecular formula is C22H24FN3O3. The Hall–Kier alpha value is -2.93. The molecular weight excluding hydrogens is 373 g/mol. The Bertz CT molecular complexity index is 877. The van der Waals surface area contributed by atoms with Crippen LogP contribution in [0.3, 0.4) is 0 Å². The molecule has 2 aromatic carbocycles. The third kappa shape index (κ3) is 4.10. The zero-order chi connectivity index (χ0) is 20.4. The number of halogens is 1. The average Bonchev–Trinajstić information content (AvgIpc) is 3.04. The molecule has 2 amide bonds. The summed E-state index contributed by atoms with van der Waals surface area (Å²) in [5, 5.41) is 3.52. The number of rotatable bonds is 5. The number of methoxy groups -OCH3 is 1. The fraction of sp³-hybridized carbons (Fsp3) is 0.364. The quantitative estimate of drug-likeness (QED) is 0.786. The van der Waals surface area contributed by atoms with Gasteiger partial charge >= 0.3 is 0 Å². The second-order valence-corrected chi connectivity index (χ2v) is 7.45. The summed E-state index contributed by atoms with van der Waals surface area (Å²) in [5.41, 5.74) is 1.47. The first-order valence-corrected chi connectivity index (χ1v) is 9.82. The number of hydrogen-bond acceptors (Lipinski definition) is 5.